The number of benzene rings is 2. The zero-order valence-corrected chi connectivity index (χ0v) is 19.9. The Morgan fingerprint density at radius 1 is 0.824 bits per heavy atom. The third-order valence-corrected chi connectivity index (χ3v) is 7.51. The molecule has 0 bridgehead atoms. The molecule has 6 rings (SSSR count). The number of hydrogen-bond donors (Lipinski definition) is 0. The summed E-state index contributed by atoms with van der Waals surface area (Å²) >= 11 is 6.43. The van der Waals surface area contributed by atoms with Crippen LogP contribution >= 0.6 is 11.6 Å². The SMILES string of the molecule is Clc1ccc2c(c1)CN(Cc1ccccn1)Cc1nnc([C@H]3CC[C@H](c4ccccc4)CC3)n1-2. The van der Waals surface area contributed by atoms with E-state index in [2.05, 4.69) is 63.0 Å². The maximum absolute atomic E-state index is 6.43. The Kier molecular flexibility index (Phi) is 5.90. The molecule has 0 radical (unpaired) electrons. The molecule has 34 heavy (non-hydrogen) atoms. The fourth-order valence-electron chi connectivity index (χ4n) is 5.60. The molecule has 1 saturated carbocycles. The van der Waals surface area contributed by atoms with Gasteiger partial charge in [-0.25, -0.2) is 0 Å². The lowest BCUT2D eigenvalue weighted by atomic mass is 9.78. The minimum Gasteiger partial charge on any atom is -0.286 e. The van der Waals surface area contributed by atoms with Crippen molar-refractivity contribution in [3.63, 3.8) is 0 Å². The highest BCUT2D eigenvalue weighted by Crippen LogP contribution is 2.41. The number of pyridine rings is 1. The van der Waals surface area contributed by atoms with Gasteiger partial charge in [0.1, 0.15) is 5.82 Å². The molecule has 0 saturated heterocycles. The Morgan fingerprint density at radius 2 is 1.62 bits per heavy atom. The second-order valence-electron chi connectivity index (χ2n) is 9.51. The van der Waals surface area contributed by atoms with Gasteiger partial charge in [0.2, 0.25) is 0 Å². The van der Waals surface area contributed by atoms with E-state index in [0.717, 1.165) is 60.5 Å². The minimum atomic E-state index is 0.423. The van der Waals surface area contributed by atoms with Crippen molar-refractivity contribution in [3.8, 4) is 5.69 Å². The molecule has 2 aliphatic rings. The van der Waals surface area contributed by atoms with Crippen LogP contribution in [0.15, 0.2) is 72.9 Å². The first-order valence-electron chi connectivity index (χ1n) is 12.1. The van der Waals surface area contributed by atoms with Crippen LogP contribution < -0.4 is 0 Å². The van der Waals surface area contributed by atoms with Gasteiger partial charge in [0.25, 0.3) is 0 Å². The number of halogens is 1. The van der Waals surface area contributed by atoms with Gasteiger partial charge in [-0.3, -0.25) is 14.5 Å². The largest absolute Gasteiger partial charge is 0.286 e. The van der Waals surface area contributed by atoms with Crippen molar-refractivity contribution in [3.05, 3.63) is 106 Å². The van der Waals surface area contributed by atoms with Crippen molar-refractivity contribution >= 4 is 11.6 Å². The highest BCUT2D eigenvalue weighted by molar-refractivity contribution is 6.30. The van der Waals surface area contributed by atoms with E-state index >= 15 is 0 Å². The van der Waals surface area contributed by atoms with E-state index in [0.29, 0.717) is 11.8 Å². The molecular weight excluding hydrogens is 442 g/mol. The summed E-state index contributed by atoms with van der Waals surface area (Å²) in [7, 11) is 0. The normalized spacial score (nSPS) is 20.4. The van der Waals surface area contributed by atoms with Crippen molar-refractivity contribution in [1.82, 2.24) is 24.6 Å². The van der Waals surface area contributed by atoms with Gasteiger partial charge in [0.15, 0.2) is 5.82 Å². The maximum Gasteiger partial charge on any atom is 0.151 e. The molecule has 172 valence electrons. The van der Waals surface area contributed by atoms with Gasteiger partial charge < -0.3 is 0 Å². The second-order valence-corrected chi connectivity index (χ2v) is 9.94. The monoisotopic (exact) mass is 469 g/mol. The van der Waals surface area contributed by atoms with Crippen LogP contribution in [0.5, 0.6) is 0 Å². The van der Waals surface area contributed by atoms with E-state index in [1.54, 1.807) is 0 Å². The molecule has 0 N–H and O–H groups in total. The quantitative estimate of drug-likeness (QED) is 0.353. The highest BCUT2D eigenvalue weighted by atomic mass is 35.5. The van der Waals surface area contributed by atoms with Crippen molar-refractivity contribution in [2.75, 3.05) is 0 Å². The molecule has 2 aromatic heterocycles. The Labute approximate surface area is 205 Å². The standard InChI is InChI=1S/C28H28ClN5/c29-24-13-14-26-23(16-24)17-33(18-25-8-4-5-15-30-25)19-27-31-32-28(34(26)27)22-11-9-21(10-12-22)20-6-2-1-3-7-20/h1-8,13-16,21-22H,9-12,17-19H2/t21-,22-. The second kappa shape index (κ2) is 9.32. The number of hydrogen-bond acceptors (Lipinski definition) is 4. The number of fused-ring (bicyclic) bond motifs is 3. The maximum atomic E-state index is 6.43. The first-order valence-corrected chi connectivity index (χ1v) is 12.5. The predicted molar refractivity (Wildman–Crippen MR) is 134 cm³/mol. The van der Waals surface area contributed by atoms with Crippen LogP contribution in [0.25, 0.3) is 5.69 Å². The first kappa shape index (κ1) is 21.5. The van der Waals surface area contributed by atoms with Crippen LogP contribution in [0.3, 0.4) is 0 Å². The number of rotatable bonds is 4. The van der Waals surface area contributed by atoms with Crippen molar-refractivity contribution < 1.29 is 0 Å². The summed E-state index contributed by atoms with van der Waals surface area (Å²) in [5.74, 6) is 3.16. The molecule has 1 aliphatic carbocycles. The molecule has 1 aliphatic heterocycles. The summed E-state index contributed by atoms with van der Waals surface area (Å²) in [6.45, 7) is 2.29. The van der Waals surface area contributed by atoms with E-state index in [1.807, 2.05) is 24.4 Å². The lowest BCUT2D eigenvalue weighted by molar-refractivity contribution is 0.242. The summed E-state index contributed by atoms with van der Waals surface area (Å²) in [6, 6.07) is 23.2. The van der Waals surface area contributed by atoms with Crippen LogP contribution in [0.4, 0.5) is 0 Å². The topological polar surface area (TPSA) is 46.8 Å². The number of nitrogens with zero attached hydrogens (tertiary/aromatic N) is 5. The predicted octanol–water partition coefficient (Wildman–Crippen LogP) is 6.27. The lowest BCUT2D eigenvalue weighted by Gasteiger charge is -2.28. The molecule has 1 fully saturated rings. The van der Waals surface area contributed by atoms with Gasteiger partial charge >= 0.3 is 0 Å². The van der Waals surface area contributed by atoms with Crippen molar-refractivity contribution in [2.45, 2.75) is 57.2 Å². The molecule has 0 atom stereocenters. The van der Waals surface area contributed by atoms with Crippen LogP contribution in [-0.4, -0.2) is 24.6 Å². The number of aromatic nitrogens is 4. The van der Waals surface area contributed by atoms with Crippen LogP contribution in [0, 0.1) is 0 Å². The Morgan fingerprint density at radius 3 is 2.41 bits per heavy atom. The molecule has 2 aromatic carbocycles. The summed E-state index contributed by atoms with van der Waals surface area (Å²) in [5.41, 5.74) is 4.89. The van der Waals surface area contributed by atoms with Crippen molar-refractivity contribution in [1.29, 1.82) is 0 Å². The van der Waals surface area contributed by atoms with E-state index in [1.165, 1.54) is 24.0 Å². The van der Waals surface area contributed by atoms with Crippen LogP contribution in [0.1, 0.15) is 66.0 Å². The van der Waals surface area contributed by atoms with Crippen LogP contribution in [0.2, 0.25) is 5.02 Å². The summed E-state index contributed by atoms with van der Waals surface area (Å²) in [5, 5.41) is 10.2. The van der Waals surface area contributed by atoms with E-state index in [-0.39, 0.29) is 0 Å². The molecular formula is C28H28ClN5. The van der Waals surface area contributed by atoms with Gasteiger partial charge in [0.05, 0.1) is 17.9 Å². The van der Waals surface area contributed by atoms with Gasteiger partial charge in [-0.1, -0.05) is 48.0 Å². The summed E-state index contributed by atoms with van der Waals surface area (Å²) in [6.07, 6.45) is 6.51. The smallest absolute Gasteiger partial charge is 0.151 e. The highest BCUT2D eigenvalue weighted by Gasteiger charge is 2.31. The average molecular weight is 470 g/mol. The molecule has 4 aromatic rings. The van der Waals surface area contributed by atoms with Crippen LogP contribution in [-0.2, 0) is 19.6 Å². The fraction of sp³-hybridized carbons (Fsp3) is 0.321. The molecule has 0 unspecified atom stereocenters. The molecule has 5 nitrogen and oxygen atoms in total. The van der Waals surface area contributed by atoms with Crippen molar-refractivity contribution in [2.24, 2.45) is 0 Å². The molecule has 3 heterocycles. The van der Waals surface area contributed by atoms with Gasteiger partial charge in [-0.2, -0.15) is 0 Å². The molecule has 0 spiro atoms. The van der Waals surface area contributed by atoms with Gasteiger partial charge in [-0.05, 0) is 73.1 Å². The molecule has 0 amide bonds. The van der Waals surface area contributed by atoms with E-state index in [4.69, 9.17) is 21.8 Å². The first-order chi connectivity index (χ1) is 16.7. The summed E-state index contributed by atoms with van der Waals surface area (Å²) < 4.78 is 2.32. The third kappa shape index (κ3) is 4.26. The third-order valence-electron chi connectivity index (χ3n) is 7.27. The van der Waals surface area contributed by atoms with E-state index in [9.17, 15) is 0 Å². The Balaban J connectivity index is 1.30. The zero-order valence-electron chi connectivity index (χ0n) is 19.1. The Hall–Kier alpha value is -3.02. The Bertz CT molecular complexity index is 1260. The fourth-order valence-corrected chi connectivity index (χ4v) is 5.79. The van der Waals surface area contributed by atoms with Gasteiger partial charge in [-0.15, -0.1) is 10.2 Å². The summed E-state index contributed by atoms with van der Waals surface area (Å²) in [4.78, 5) is 6.91. The molecule has 6 heteroatoms. The minimum absolute atomic E-state index is 0.423. The van der Waals surface area contributed by atoms with Gasteiger partial charge in [0, 0.05) is 30.2 Å². The lowest BCUT2D eigenvalue weighted by Crippen LogP contribution is -2.22. The average Bonchev–Trinajstić information content (AvgIpc) is 3.22. The van der Waals surface area contributed by atoms with E-state index < -0.39 is 0 Å². The zero-order chi connectivity index (χ0) is 22.9.